The molecule has 0 heterocycles. The van der Waals surface area contributed by atoms with E-state index in [1.54, 1.807) is 0 Å². The molecule has 0 aliphatic rings. The van der Waals surface area contributed by atoms with Gasteiger partial charge < -0.3 is 10.1 Å². The van der Waals surface area contributed by atoms with Crippen LogP contribution in [0.5, 0.6) is 5.75 Å². The molecule has 3 rings (SSSR count). The number of aryl methyl sites for hydroxylation is 1. The van der Waals surface area contributed by atoms with Gasteiger partial charge in [-0.25, -0.2) is 0 Å². The Hall–Kier alpha value is -2.81. The Balaban J connectivity index is 1.65. The number of benzene rings is 3. The van der Waals surface area contributed by atoms with Crippen LogP contribution in [0.3, 0.4) is 0 Å². The van der Waals surface area contributed by atoms with Crippen molar-refractivity contribution >= 4 is 16.7 Å². The second-order valence-corrected chi connectivity index (χ2v) is 6.61. The summed E-state index contributed by atoms with van der Waals surface area (Å²) in [6.07, 6.45) is 0.132. The summed E-state index contributed by atoms with van der Waals surface area (Å²) in [5.74, 6) is 0.694. The normalized spacial score (nSPS) is 12.0. The highest BCUT2D eigenvalue weighted by atomic mass is 16.5. The van der Waals surface area contributed by atoms with E-state index in [2.05, 4.69) is 35.6 Å². The fourth-order valence-corrected chi connectivity index (χ4v) is 2.98. The highest BCUT2D eigenvalue weighted by Crippen LogP contribution is 2.22. The number of amides is 1. The van der Waals surface area contributed by atoms with Crippen LogP contribution in [-0.4, -0.2) is 12.0 Å². The molecule has 1 N–H and O–H groups in total. The topological polar surface area (TPSA) is 38.3 Å². The number of hydrogen-bond acceptors (Lipinski definition) is 2. The van der Waals surface area contributed by atoms with Crippen LogP contribution in [0.25, 0.3) is 10.8 Å². The molecule has 0 aliphatic carbocycles. The lowest BCUT2D eigenvalue weighted by molar-refractivity contribution is -0.128. The van der Waals surface area contributed by atoms with Crippen molar-refractivity contribution in [2.75, 3.05) is 0 Å². The highest BCUT2D eigenvalue weighted by Gasteiger charge is 2.19. The van der Waals surface area contributed by atoms with Crippen LogP contribution in [0.4, 0.5) is 0 Å². The fraction of sp³-hybridized carbons (Fsp3) is 0.261. The third-order valence-corrected chi connectivity index (χ3v) is 4.77. The van der Waals surface area contributed by atoms with Crippen LogP contribution >= 0.6 is 0 Å². The molecule has 1 atom stereocenters. The van der Waals surface area contributed by atoms with Gasteiger partial charge in [0.05, 0.1) is 0 Å². The molecule has 0 saturated heterocycles. The minimum atomic E-state index is -0.490. The van der Waals surface area contributed by atoms with E-state index in [-0.39, 0.29) is 5.91 Å². The lowest BCUT2D eigenvalue weighted by Crippen LogP contribution is -2.37. The summed E-state index contributed by atoms with van der Waals surface area (Å²) in [7, 11) is 0. The van der Waals surface area contributed by atoms with Crippen LogP contribution in [-0.2, 0) is 11.3 Å². The maximum atomic E-state index is 12.6. The number of rotatable bonds is 6. The largest absolute Gasteiger partial charge is 0.480 e. The van der Waals surface area contributed by atoms with Crippen molar-refractivity contribution in [2.45, 2.75) is 39.8 Å². The van der Waals surface area contributed by atoms with Gasteiger partial charge in [0.2, 0.25) is 0 Å². The smallest absolute Gasteiger partial charge is 0.261 e. The first-order valence-electron chi connectivity index (χ1n) is 9.06. The third-order valence-electron chi connectivity index (χ3n) is 4.77. The van der Waals surface area contributed by atoms with Crippen molar-refractivity contribution in [1.29, 1.82) is 0 Å². The summed E-state index contributed by atoms with van der Waals surface area (Å²) < 4.78 is 5.98. The van der Waals surface area contributed by atoms with Crippen molar-refractivity contribution in [1.82, 2.24) is 5.32 Å². The molecule has 0 aliphatic heterocycles. The van der Waals surface area contributed by atoms with Gasteiger partial charge in [-0.2, -0.15) is 0 Å². The van der Waals surface area contributed by atoms with Gasteiger partial charge in [-0.15, -0.1) is 0 Å². The van der Waals surface area contributed by atoms with Gasteiger partial charge in [0, 0.05) is 6.54 Å². The SMILES string of the molecule is CCC(Oc1cccc(C)c1C)C(=O)NCc1ccc2ccccc2c1. The van der Waals surface area contributed by atoms with Crippen molar-refractivity contribution in [3.8, 4) is 5.75 Å². The Labute approximate surface area is 155 Å². The van der Waals surface area contributed by atoms with E-state index in [4.69, 9.17) is 4.74 Å². The zero-order valence-electron chi connectivity index (χ0n) is 15.6. The van der Waals surface area contributed by atoms with Crippen molar-refractivity contribution in [3.05, 3.63) is 77.4 Å². The molecule has 0 bridgehead atoms. The van der Waals surface area contributed by atoms with Gasteiger partial charge in [-0.3, -0.25) is 4.79 Å². The summed E-state index contributed by atoms with van der Waals surface area (Å²) in [5, 5.41) is 5.38. The average Bonchev–Trinajstić information content (AvgIpc) is 2.67. The van der Waals surface area contributed by atoms with Gasteiger partial charge in [-0.05, 0) is 59.9 Å². The van der Waals surface area contributed by atoms with Crippen LogP contribution in [0, 0.1) is 13.8 Å². The van der Waals surface area contributed by atoms with E-state index in [1.807, 2.05) is 51.1 Å². The first-order valence-corrected chi connectivity index (χ1v) is 9.06. The minimum Gasteiger partial charge on any atom is -0.480 e. The number of ether oxygens (including phenoxy) is 1. The van der Waals surface area contributed by atoms with Gasteiger partial charge in [-0.1, -0.05) is 55.5 Å². The summed E-state index contributed by atoms with van der Waals surface area (Å²) >= 11 is 0. The molecule has 0 saturated carbocycles. The van der Waals surface area contributed by atoms with Crippen LogP contribution in [0.15, 0.2) is 60.7 Å². The molecular formula is C23H25NO2. The molecule has 3 aromatic rings. The Morgan fingerprint density at radius 1 is 1.00 bits per heavy atom. The molecule has 1 amide bonds. The number of carbonyl (C=O) groups is 1. The molecule has 1 unspecified atom stereocenters. The predicted octanol–water partition coefficient (Wildman–Crippen LogP) is 4.93. The third kappa shape index (κ3) is 4.05. The molecule has 0 aromatic heterocycles. The minimum absolute atomic E-state index is 0.0819. The van der Waals surface area contributed by atoms with Crippen molar-refractivity contribution < 1.29 is 9.53 Å². The average molecular weight is 347 g/mol. The number of fused-ring (bicyclic) bond motifs is 1. The standard InChI is InChI=1S/C23H25NO2/c1-4-21(26-22-11-7-8-16(2)17(22)3)23(25)24-15-18-12-13-19-9-5-6-10-20(19)14-18/h5-14,21H,4,15H2,1-3H3,(H,24,25). The van der Waals surface area contributed by atoms with Crippen LogP contribution < -0.4 is 10.1 Å². The van der Waals surface area contributed by atoms with E-state index < -0.39 is 6.10 Å². The molecule has 3 nitrogen and oxygen atoms in total. The molecule has 0 fully saturated rings. The van der Waals surface area contributed by atoms with Gasteiger partial charge in [0.1, 0.15) is 5.75 Å². The molecule has 0 radical (unpaired) electrons. The van der Waals surface area contributed by atoms with E-state index in [0.717, 1.165) is 22.4 Å². The summed E-state index contributed by atoms with van der Waals surface area (Å²) in [5.41, 5.74) is 3.32. The van der Waals surface area contributed by atoms with Gasteiger partial charge in [0.25, 0.3) is 5.91 Å². The van der Waals surface area contributed by atoms with E-state index in [0.29, 0.717) is 13.0 Å². The fourth-order valence-electron chi connectivity index (χ4n) is 2.98. The Bertz CT molecular complexity index is 917. The van der Waals surface area contributed by atoms with Crippen LogP contribution in [0.2, 0.25) is 0 Å². The number of nitrogens with one attached hydrogen (secondary N) is 1. The first kappa shape index (κ1) is 18.0. The zero-order chi connectivity index (χ0) is 18.5. The Morgan fingerprint density at radius 3 is 2.54 bits per heavy atom. The number of carbonyl (C=O) groups excluding carboxylic acids is 1. The van der Waals surface area contributed by atoms with Gasteiger partial charge >= 0.3 is 0 Å². The second kappa shape index (κ2) is 8.05. The molecule has 3 aromatic carbocycles. The predicted molar refractivity (Wildman–Crippen MR) is 106 cm³/mol. The lowest BCUT2D eigenvalue weighted by atomic mass is 10.1. The van der Waals surface area contributed by atoms with E-state index in [9.17, 15) is 4.79 Å². The second-order valence-electron chi connectivity index (χ2n) is 6.61. The quantitative estimate of drug-likeness (QED) is 0.686. The number of hydrogen-bond donors (Lipinski definition) is 1. The van der Waals surface area contributed by atoms with Crippen molar-refractivity contribution in [2.24, 2.45) is 0 Å². The van der Waals surface area contributed by atoms with Crippen LogP contribution in [0.1, 0.15) is 30.0 Å². The molecule has 3 heteroatoms. The summed E-state index contributed by atoms with van der Waals surface area (Å²) in [4.78, 5) is 12.6. The monoisotopic (exact) mass is 347 g/mol. The Kier molecular flexibility index (Phi) is 5.57. The maximum absolute atomic E-state index is 12.6. The molecule has 134 valence electrons. The lowest BCUT2D eigenvalue weighted by Gasteiger charge is -2.19. The first-order chi connectivity index (χ1) is 12.6. The van der Waals surface area contributed by atoms with Gasteiger partial charge in [0.15, 0.2) is 6.10 Å². The molecule has 0 spiro atoms. The Morgan fingerprint density at radius 2 is 1.77 bits per heavy atom. The maximum Gasteiger partial charge on any atom is 0.261 e. The highest BCUT2D eigenvalue weighted by molar-refractivity contribution is 5.84. The summed E-state index contributed by atoms with van der Waals surface area (Å²) in [6, 6.07) is 20.4. The summed E-state index contributed by atoms with van der Waals surface area (Å²) in [6.45, 7) is 6.52. The van der Waals surface area contributed by atoms with E-state index in [1.165, 1.54) is 10.8 Å². The van der Waals surface area contributed by atoms with Crippen molar-refractivity contribution in [3.63, 3.8) is 0 Å². The zero-order valence-corrected chi connectivity index (χ0v) is 15.6. The van der Waals surface area contributed by atoms with E-state index >= 15 is 0 Å². The molecular weight excluding hydrogens is 322 g/mol. The molecule has 26 heavy (non-hydrogen) atoms.